The molecule has 3 rings (SSSR count). The molecule has 0 aliphatic carbocycles. The van der Waals surface area contributed by atoms with Gasteiger partial charge < -0.3 is 19.7 Å². The van der Waals surface area contributed by atoms with E-state index in [0.717, 1.165) is 5.56 Å². The lowest BCUT2D eigenvalue weighted by Crippen LogP contribution is -2.43. The van der Waals surface area contributed by atoms with Gasteiger partial charge in [-0.05, 0) is 12.5 Å². The number of phenols is 1. The summed E-state index contributed by atoms with van der Waals surface area (Å²) in [5.74, 6) is 0.773. The molecule has 9 nitrogen and oxygen atoms in total. The first-order valence-electron chi connectivity index (χ1n) is 7.54. The third kappa shape index (κ3) is 3.70. The zero-order valence-corrected chi connectivity index (χ0v) is 13.2. The van der Waals surface area contributed by atoms with Crippen LogP contribution < -0.4 is 16.2 Å². The highest BCUT2D eigenvalue weighted by molar-refractivity contribution is 5.82. The first kappa shape index (κ1) is 16.4. The Kier molecular flexibility index (Phi) is 5.04. The minimum Gasteiger partial charge on any atom is -0.508 e. The van der Waals surface area contributed by atoms with Gasteiger partial charge in [0, 0.05) is 12.7 Å². The molecule has 2 aromatic rings. The molecule has 1 fully saturated rings. The lowest BCUT2D eigenvalue weighted by atomic mass is 10.0. The van der Waals surface area contributed by atoms with E-state index in [0.29, 0.717) is 18.1 Å². The average molecular weight is 333 g/mol. The second kappa shape index (κ2) is 7.39. The molecule has 1 amide bonds. The molecule has 128 valence electrons. The van der Waals surface area contributed by atoms with Crippen molar-refractivity contribution < 1.29 is 19.2 Å². The Bertz CT molecular complexity index is 705. The van der Waals surface area contributed by atoms with Crippen molar-refractivity contribution in [2.45, 2.75) is 31.7 Å². The van der Waals surface area contributed by atoms with E-state index in [4.69, 9.17) is 9.26 Å². The number of carbonyl (C=O) groups excluding carboxylic acids is 1. The number of hydrogen-bond acceptors (Lipinski definition) is 8. The molecule has 2 unspecified atom stereocenters. The Labute approximate surface area is 138 Å². The fraction of sp³-hybridized carbons (Fsp3) is 0.400. The van der Waals surface area contributed by atoms with Gasteiger partial charge in [0.25, 0.3) is 5.89 Å². The number of aromatic nitrogens is 2. The Morgan fingerprint density at radius 3 is 3.08 bits per heavy atom. The van der Waals surface area contributed by atoms with Crippen LogP contribution in [0, 0.1) is 0 Å². The summed E-state index contributed by atoms with van der Waals surface area (Å²) >= 11 is 0. The zero-order valence-electron chi connectivity index (χ0n) is 13.2. The summed E-state index contributed by atoms with van der Waals surface area (Å²) in [5.41, 5.74) is 6.72. The summed E-state index contributed by atoms with van der Waals surface area (Å²) in [6.45, 7) is 0.406. The third-order valence-corrected chi connectivity index (χ3v) is 3.73. The highest BCUT2D eigenvalue weighted by Gasteiger charge is 2.31. The van der Waals surface area contributed by atoms with Gasteiger partial charge in [-0.3, -0.25) is 4.79 Å². The molecule has 1 aliphatic rings. The molecule has 1 aliphatic heterocycles. The summed E-state index contributed by atoms with van der Waals surface area (Å²) in [7, 11) is 1.53. The van der Waals surface area contributed by atoms with Crippen LogP contribution in [0.2, 0.25) is 0 Å². The number of benzene rings is 1. The fourth-order valence-electron chi connectivity index (χ4n) is 2.55. The smallest absolute Gasteiger partial charge is 0.252 e. The van der Waals surface area contributed by atoms with E-state index in [1.807, 2.05) is 12.1 Å². The minimum atomic E-state index is -0.417. The molecule has 0 spiro atoms. The van der Waals surface area contributed by atoms with Crippen molar-refractivity contribution in [1.29, 1.82) is 0 Å². The molecule has 0 bridgehead atoms. The van der Waals surface area contributed by atoms with Crippen molar-refractivity contribution in [1.82, 2.24) is 26.3 Å². The lowest BCUT2D eigenvalue weighted by Gasteiger charge is -2.11. The molecular weight excluding hydrogens is 314 g/mol. The molecule has 2 atom stereocenters. The molecule has 24 heavy (non-hydrogen) atoms. The number of aromatic hydroxyl groups is 1. The van der Waals surface area contributed by atoms with E-state index in [1.165, 1.54) is 7.11 Å². The monoisotopic (exact) mass is 333 g/mol. The van der Waals surface area contributed by atoms with E-state index < -0.39 is 6.04 Å². The summed E-state index contributed by atoms with van der Waals surface area (Å²) in [6.07, 6.45) is 0.518. The number of phenolic OH excluding ortho intramolecular Hbond substituents is 1. The van der Waals surface area contributed by atoms with E-state index in [9.17, 15) is 9.90 Å². The number of carbonyl (C=O) groups is 1. The Hall–Kier alpha value is -2.49. The first-order chi connectivity index (χ1) is 11.7. The highest BCUT2D eigenvalue weighted by Crippen LogP contribution is 2.29. The Morgan fingerprint density at radius 2 is 2.29 bits per heavy atom. The number of rotatable bonds is 6. The van der Waals surface area contributed by atoms with Gasteiger partial charge in [-0.2, -0.15) is 4.98 Å². The standard InChI is InChI=1S/C15H19N5O4/c1-23-8-14-17-13(20-24-14)7-16-15(22)11-6-10(18-19-11)9-4-2-3-5-12(9)21/h2-5,10-11,18-19,21H,6-8H2,1H3,(H,16,22). The van der Waals surface area contributed by atoms with Gasteiger partial charge >= 0.3 is 0 Å². The fourth-order valence-corrected chi connectivity index (χ4v) is 2.55. The molecule has 2 heterocycles. The largest absolute Gasteiger partial charge is 0.508 e. The van der Waals surface area contributed by atoms with Crippen molar-refractivity contribution in [2.24, 2.45) is 0 Å². The number of hydrogen-bond donors (Lipinski definition) is 4. The number of nitrogens with one attached hydrogen (secondary N) is 3. The van der Waals surface area contributed by atoms with Crippen molar-refractivity contribution in [3.05, 3.63) is 41.5 Å². The molecule has 0 radical (unpaired) electrons. The number of para-hydroxylation sites is 1. The predicted molar refractivity (Wildman–Crippen MR) is 82.4 cm³/mol. The van der Waals surface area contributed by atoms with Gasteiger partial charge in [-0.1, -0.05) is 23.4 Å². The normalized spacial score (nSPS) is 20.2. The summed E-state index contributed by atoms with van der Waals surface area (Å²) < 4.78 is 9.85. The predicted octanol–water partition coefficient (Wildman–Crippen LogP) is 0.146. The maximum Gasteiger partial charge on any atom is 0.252 e. The Balaban J connectivity index is 1.52. The molecule has 1 saturated heterocycles. The van der Waals surface area contributed by atoms with Gasteiger partial charge in [-0.25, -0.2) is 10.9 Å². The number of methoxy groups -OCH3 is 1. The highest BCUT2D eigenvalue weighted by atomic mass is 16.5. The topological polar surface area (TPSA) is 122 Å². The van der Waals surface area contributed by atoms with E-state index in [2.05, 4.69) is 26.3 Å². The molecule has 9 heteroatoms. The van der Waals surface area contributed by atoms with Crippen molar-refractivity contribution in [2.75, 3.05) is 7.11 Å². The van der Waals surface area contributed by atoms with E-state index >= 15 is 0 Å². The summed E-state index contributed by atoms with van der Waals surface area (Å²) in [6, 6.07) is 6.50. The van der Waals surface area contributed by atoms with Crippen LogP contribution in [-0.4, -0.2) is 34.3 Å². The van der Waals surface area contributed by atoms with Crippen molar-refractivity contribution in [3.8, 4) is 5.75 Å². The molecular formula is C15H19N5O4. The van der Waals surface area contributed by atoms with E-state index in [1.54, 1.807) is 12.1 Å². The van der Waals surface area contributed by atoms with Gasteiger partial charge in [-0.15, -0.1) is 0 Å². The van der Waals surface area contributed by atoms with Crippen molar-refractivity contribution in [3.63, 3.8) is 0 Å². The van der Waals surface area contributed by atoms with Crippen LogP contribution in [0.1, 0.15) is 29.7 Å². The molecule has 0 saturated carbocycles. The quantitative estimate of drug-likeness (QED) is 0.589. The van der Waals surface area contributed by atoms with Crippen LogP contribution in [0.5, 0.6) is 5.75 Å². The number of amides is 1. The van der Waals surface area contributed by atoms with Gasteiger partial charge in [0.15, 0.2) is 5.82 Å². The van der Waals surface area contributed by atoms with Gasteiger partial charge in [0.1, 0.15) is 18.4 Å². The van der Waals surface area contributed by atoms with Crippen LogP contribution in [0.15, 0.2) is 28.8 Å². The average Bonchev–Trinajstić information content (AvgIpc) is 3.23. The van der Waals surface area contributed by atoms with Crippen LogP contribution >= 0.6 is 0 Å². The number of hydrazine groups is 1. The first-order valence-corrected chi connectivity index (χ1v) is 7.54. The summed E-state index contributed by atoms with van der Waals surface area (Å²) in [4.78, 5) is 16.3. The maximum absolute atomic E-state index is 12.2. The molecule has 4 N–H and O–H groups in total. The van der Waals surface area contributed by atoms with Crippen LogP contribution in [0.3, 0.4) is 0 Å². The van der Waals surface area contributed by atoms with Gasteiger partial charge in [0.2, 0.25) is 5.91 Å². The minimum absolute atomic E-state index is 0.138. The van der Waals surface area contributed by atoms with Gasteiger partial charge in [0.05, 0.1) is 12.6 Å². The number of ether oxygens (including phenoxy) is 1. The number of nitrogens with zero attached hydrogens (tertiary/aromatic N) is 2. The zero-order chi connectivity index (χ0) is 16.9. The maximum atomic E-state index is 12.2. The van der Waals surface area contributed by atoms with Crippen LogP contribution in [0.25, 0.3) is 0 Å². The Morgan fingerprint density at radius 1 is 1.46 bits per heavy atom. The second-order valence-electron chi connectivity index (χ2n) is 5.44. The molecule has 1 aromatic heterocycles. The lowest BCUT2D eigenvalue weighted by molar-refractivity contribution is -0.123. The summed E-state index contributed by atoms with van der Waals surface area (Å²) in [5, 5.41) is 16.4. The van der Waals surface area contributed by atoms with Crippen LogP contribution in [0.4, 0.5) is 0 Å². The SMILES string of the molecule is COCc1nc(CNC(=O)C2CC(c3ccccc3O)NN2)no1. The molecule has 1 aromatic carbocycles. The van der Waals surface area contributed by atoms with Crippen molar-refractivity contribution >= 4 is 5.91 Å². The van der Waals surface area contributed by atoms with Crippen LogP contribution in [-0.2, 0) is 22.7 Å². The third-order valence-electron chi connectivity index (χ3n) is 3.73. The second-order valence-corrected chi connectivity index (χ2v) is 5.44. The van der Waals surface area contributed by atoms with E-state index in [-0.39, 0.29) is 30.9 Å².